The molecule has 1 saturated carbocycles. The lowest BCUT2D eigenvalue weighted by molar-refractivity contribution is -0.131. The van der Waals surface area contributed by atoms with E-state index >= 15 is 0 Å². The number of carbonyl (C=O) groups is 2. The molecule has 4 N–H and O–H groups in total. The monoisotopic (exact) mass is 489 g/mol. The van der Waals surface area contributed by atoms with E-state index in [1.807, 2.05) is 13.0 Å². The lowest BCUT2D eigenvalue weighted by Crippen LogP contribution is -2.48. The predicted molar refractivity (Wildman–Crippen MR) is 137 cm³/mol. The maximum Gasteiger partial charge on any atom is 0.240 e. The van der Waals surface area contributed by atoms with Crippen LogP contribution in [0.2, 0.25) is 0 Å². The second kappa shape index (κ2) is 13.3. The molecule has 34 heavy (non-hydrogen) atoms. The molecular formula is C26H39N3O4S. The number of nitrogens with two attached hydrogens (primary N) is 1. The van der Waals surface area contributed by atoms with Crippen LogP contribution < -0.4 is 16.4 Å². The highest BCUT2D eigenvalue weighted by atomic mass is 32.2. The summed E-state index contributed by atoms with van der Waals surface area (Å²) in [5.74, 6) is -1.36. The number of benzene rings is 1. The molecular weight excluding hydrogens is 450 g/mol. The Morgan fingerprint density at radius 2 is 1.85 bits per heavy atom. The normalized spacial score (nSPS) is 20.1. The Balaban J connectivity index is 2.07. The first-order valence-electron chi connectivity index (χ1n) is 12.1. The Kier molecular flexibility index (Phi) is 10.8. The van der Waals surface area contributed by atoms with Crippen LogP contribution in [0, 0.1) is 5.92 Å². The molecule has 7 nitrogen and oxygen atoms in total. The van der Waals surface area contributed by atoms with E-state index in [1.165, 1.54) is 0 Å². The molecule has 0 aromatic heterocycles. The third kappa shape index (κ3) is 8.97. The number of sulfone groups is 1. The van der Waals surface area contributed by atoms with Crippen LogP contribution in [0.3, 0.4) is 0 Å². The molecule has 0 spiro atoms. The Morgan fingerprint density at radius 1 is 1.18 bits per heavy atom. The summed E-state index contributed by atoms with van der Waals surface area (Å²) in [6.07, 6.45) is 11.9. The summed E-state index contributed by atoms with van der Waals surface area (Å²) in [6, 6.07) is 7.36. The molecule has 2 unspecified atom stereocenters. The second-order valence-electron chi connectivity index (χ2n) is 9.04. The minimum atomic E-state index is -3.26. The summed E-state index contributed by atoms with van der Waals surface area (Å²) in [6.45, 7) is 4.81. The molecule has 1 aromatic carbocycles. The number of primary amides is 1. The van der Waals surface area contributed by atoms with Gasteiger partial charge in [-0.2, -0.15) is 0 Å². The average molecular weight is 490 g/mol. The van der Waals surface area contributed by atoms with Gasteiger partial charge in [0.05, 0.1) is 5.75 Å². The number of allylic oxidation sites excluding steroid dienone is 3. The highest BCUT2D eigenvalue weighted by molar-refractivity contribution is 7.90. The van der Waals surface area contributed by atoms with Crippen LogP contribution in [-0.2, 0) is 26.0 Å². The van der Waals surface area contributed by atoms with Crippen molar-refractivity contribution < 1.29 is 18.0 Å². The average Bonchev–Trinajstić information content (AvgIpc) is 2.80. The lowest BCUT2D eigenvalue weighted by atomic mass is 9.75. The van der Waals surface area contributed by atoms with Crippen molar-refractivity contribution >= 4 is 21.7 Å². The van der Waals surface area contributed by atoms with Gasteiger partial charge in [-0.3, -0.25) is 9.59 Å². The van der Waals surface area contributed by atoms with Crippen LogP contribution in [0.15, 0.2) is 48.2 Å². The van der Waals surface area contributed by atoms with Gasteiger partial charge in [0.1, 0.15) is 15.9 Å². The number of hydrogen-bond donors (Lipinski definition) is 3. The summed E-state index contributed by atoms with van der Waals surface area (Å²) in [7, 11) is -3.26. The molecule has 2 rings (SSSR count). The molecule has 0 heterocycles. The Labute approximate surface area is 204 Å². The highest BCUT2D eigenvalue weighted by Crippen LogP contribution is 2.38. The minimum Gasteiger partial charge on any atom is -0.381 e. The number of carbonyl (C=O) groups excluding carboxylic acids is 2. The third-order valence-electron chi connectivity index (χ3n) is 6.21. The van der Waals surface area contributed by atoms with Gasteiger partial charge in [-0.25, -0.2) is 8.42 Å². The van der Waals surface area contributed by atoms with Gasteiger partial charge in [0.25, 0.3) is 0 Å². The summed E-state index contributed by atoms with van der Waals surface area (Å²) < 4.78 is 23.0. The first-order chi connectivity index (χ1) is 16.1. The molecule has 1 aliphatic carbocycles. The first-order valence-corrected chi connectivity index (χ1v) is 14.1. The van der Waals surface area contributed by atoms with Crippen molar-refractivity contribution in [1.82, 2.24) is 10.6 Å². The van der Waals surface area contributed by atoms with Crippen LogP contribution >= 0.6 is 0 Å². The van der Waals surface area contributed by atoms with E-state index in [2.05, 4.69) is 54.0 Å². The van der Waals surface area contributed by atoms with Crippen molar-refractivity contribution in [3.05, 3.63) is 59.3 Å². The summed E-state index contributed by atoms with van der Waals surface area (Å²) in [5.41, 5.74) is 8.79. The van der Waals surface area contributed by atoms with E-state index in [4.69, 9.17) is 5.73 Å². The number of amides is 2. The fraction of sp³-hybridized carbons (Fsp3) is 0.538. The lowest BCUT2D eigenvalue weighted by Gasteiger charge is -2.32. The van der Waals surface area contributed by atoms with Gasteiger partial charge >= 0.3 is 0 Å². The van der Waals surface area contributed by atoms with Crippen molar-refractivity contribution in [2.24, 2.45) is 11.7 Å². The number of hydrogen-bond acceptors (Lipinski definition) is 5. The van der Waals surface area contributed by atoms with Crippen LogP contribution in [-0.4, -0.2) is 38.3 Å². The van der Waals surface area contributed by atoms with Crippen molar-refractivity contribution in [1.29, 1.82) is 0 Å². The van der Waals surface area contributed by atoms with Gasteiger partial charge in [0.2, 0.25) is 11.8 Å². The maximum atomic E-state index is 13.1. The molecule has 3 atom stereocenters. The van der Waals surface area contributed by atoms with E-state index in [-0.39, 0.29) is 29.9 Å². The molecule has 0 radical (unpaired) electrons. The van der Waals surface area contributed by atoms with Crippen molar-refractivity contribution in [2.75, 3.05) is 12.0 Å². The Bertz CT molecular complexity index is 984. The molecule has 1 fully saturated rings. The van der Waals surface area contributed by atoms with Crippen LogP contribution in [0.25, 0.3) is 0 Å². The fourth-order valence-electron chi connectivity index (χ4n) is 4.43. The number of rotatable bonds is 12. The topological polar surface area (TPSA) is 118 Å². The molecule has 2 amide bonds. The van der Waals surface area contributed by atoms with Crippen molar-refractivity contribution in [3.8, 4) is 0 Å². The van der Waals surface area contributed by atoms with E-state index in [9.17, 15) is 18.0 Å². The van der Waals surface area contributed by atoms with E-state index in [1.54, 1.807) is 0 Å². The fourth-order valence-corrected chi connectivity index (χ4v) is 5.09. The van der Waals surface area contributed by atoms with Crippen LogP contribution in [0.5, 0.6) is 0 Å². The van der Waals surface area contributed by atoms with Gasteiger partial charge in [-0.15, -0.1) is 0 Å². The van der Waals surface area contributed by atoms with Gasteiger partial charge in [-0.05, 0) is 55.7 Å². The largest absolute Gasteiger partial charge is 0.381 e. The molecule has 0 saturated heterocycles. The highest BCUT2D eigenvalue weighted by Gasteiger charge is 2.33. The van der Waals surface area contributed by atoms with E-state index < -0.39 is 21.8 Å². The van der Waals surface area contributed by atoms with Gasteiger partial charge in [0, 0.05) is 24.4 Å². The molecule has 0 bridgehead atoms. The van der Waals surface area contributed by atoms with Gasteiger partial charge < -0.3 is 16.4 Å². The summed E-state index contributed by atoms with van der Waals surface area (Å²) in [4.78, 5) is 24.9. The predicted octanol–water partition coefficient (Wildman–Crippen LogP) is 3.32. The SMILES string of the molecule is C/C=C\C(=C/CC)NCc1ccc(C2CCCC[C@H]2C(=O)NC(CCS(C)(=O)=O)C(N)=O)cc1. The zero-order chi connectivity index (χ0) is 25.1. The standard InChI is InChI=1S/C26H39N3O4S/c1-4-8-21(9-5-2)28-18-19-12-14-20(15-13-19)22-10-6-7-11-23(22)26(31)29-24(25(27)30)16-17-34(3,32)33/h4,8-9,12-15,22-24,28H,5-7,10-11,16-18H2,1-3H3,(H2,27,30)(H,29,31)/b8-4-,21-9+/t22?,23-,24?/m1/s1. The van der Waals surface area contributed by atoms with Crippen LogP contribution in [0.4, 0.5) is 0 Å². The second-order valence-corrected chi connectivity index (χ2v) is 11.3. The summed E-state index contributed by atoms with van der Waals surface area (Å²) in [5, 5.41) is 6.17. The van der Waals surface area contributed by atoms with Gasteiger partial charge in [-0.1, -0.05) is 56.2 Å². The maximum absolute atomic E-state index is 13.1. The minimum absolute atomic E-state index is 0.0132. The summed E-state index contributed by atoms with van der Waals surface area (Å²) >= 11 is 0. The van der Waals surface area contributed by atoms with Crippen molar-refractivity contribution in [2.45, 2.75) is 70.9 Å². The van der Waals surface area contributed by atoms with E-state index in [0.29, 0.717) is 6.54 Å². The molecule has 0 aliphatic heterocycles. The Morgan fingerprint density at radius 3 is 2.44 bits per heavy atom. The molecule has 188 valence electrons. The van der Waals surface area contributed by atoms with Gasteiger partial charge in [0.15, 0.2) is 0 Å². The van der Waals surface area contributed by atoms with Crippen LogP contribution in [0.1, 0.15) is 69.4 Å². The smallest absolute Gasteiger partial charge is 0.240 e. The first kappa shape index (κ1) is 27.6. The Hall–Kier alpha value is -2.61. The molecule has 8 heteroatoms. The molecule has 1 aromatic rings. The zero-order valence-corrected chi connectivity index (χ0v) is 21.4. The van der Waals surface area contributed by atoms with Crippen molar-refractivity contribution in [3.63, 3.8) is 0 Å². The third-order valence-corrected chi connectivity index (χ3v) is 7.19. The molecule has 1 aliphatic rings. The zero-order valence-electron chi connectivity index (χ0n) is 20.5. The number of nitrogens with one attached hydrogen (secondary N) is 2. The van der Waals surface area contributed by atoms with E-state index in [0.717, 1.165) is 55.2 Å². The quantitative estimate of drug-likeness (QED) is 0.389.